The van der Waals surface area contributed by atoms with Gasteiger partial charge in [0.25, 0.3) is 0 Å². The minimum absolute atomic E-state index is 0.0816. The zero-order valence-corrected chi connectivity index (χ0v) is 12.3. The fraction of sp³-hybridized carbons (Fsp3) is 0.571. The number of methoxy groups -OCH3 is 1. The summed E-state index contributed by atoms with van der Waals surface area (Å²) in [5, 5.41) is 10.4. The van der Waals surface area contributed by atoms with E-state index < -0.39 is 15.9 Å². The molecule has 1 fully saturated rings. The van der Waals surface area contributed by atoms with Gasteiger partial charge in [-0.05, 0) is 49.1 Å². The van der Waals surface area contributed by atoms with Gasteiger partial charge in [-0.15, -0.1) is 0 Å². The largest absolute Gasteiger partial charge is 0.496 e. The lowest BCUT2D eigenvalue weighted by Crippen LogP contribution is -2.14. The molecular formula is C14H20O4S. The second kappa shape index (κ2) is 5.13. The average molecular weight is 284 g/mol. The van der Waals surface area contributed by atoms with Crippen LogP contribution < -0.4 is 4.74 Å². The van der Waals surface area contributed by atoms with Crippen LogP contribution in [0.4, 0.5) is 0 Å². The average Bonchev–Trinajstić information content (AvgIpc) is 2.68. The van der Waals surface area contributed by atoms with Crippen molar-refractivity contribution < 1.29 is 18.3 Å². The molecule has 19 heavy (non-hydrogen) atoms. The summed E-state index contributed by atoms with van der Waals surface area (Å²) in [6, 6.07) is 3.75. The van der Waals surface area contributed by atoms with Crippen molar-refractivity contribution in [3.8, 4) is 5.75 Å². The third kappa shape index (κ3) is 2.92. The van der Waals surface area contributed by atoms with Crippen molar-refractivity contribution in [2.75, 3.05) is 18.6 Å². The first kappa shape index (κ1) is 14.3. The molecule has 0 radical (unpaired) electrons. The fourth-order valence-corrected chi connectivity index (χ4v) is 4.65. The maximum atomic E-state index is 11.5. The van der Waals surface area contributed by atoms with E-state index in [1.165, 1.54) is 0 Å². The lowest BCUT2D eigenvalue weighted by atomic mass is 9.93. The number of benzene rings is 1. The van der Waals surface area contributed by atoms with Crippen molar-refractivity contribution in [3.05, 3.63) is 28.8 Å². The summed E-state index contributed by atoms with van der Waals surface area (Å²) in [5.41, 5.74) is 2.69. The smallest absolute Gasteiger partial charge is 0.150 e. The number of aliphatic hydroxyl groups is 1. The summed E-state index contributed by atoms with van der Waals surface area (Å²) in [4.78, 5) is 0. The van der Waals surface area contributed by atoms with Gasteiger partial charge in [-0.25, -0.2) is 8.42 Å². The maximum absolute atomic E-state index is 11.5. The van der Waals surface area contributed by atoms with E-state index in [2.05, 4.69) is 0 Å². The highest BCUT2D eigenvalue weighted by atomic mass is 32.2. The van der Waals surface area contributed by atoms with Crippen LogP contribution in [0.5, 0.6) is 5.75 Å². The van der Waals surface area contributed by atoms with Gasteiger partial charge < -0.3 is 9.84 Å². The van der Waals surface area contributed by atoms with E-state index in [0.29, 0.717) is 6.42 Å². The van der Waals surface area contributed by atoms with Crippen LogP contribution in [0.25, 0.3) is 0 Å². The Morgan fingerprint density at radius 2 is 1.89 bits per heavy atom. The molecule has 0 spiro atoms. The topological polar surface area (TPSA) is 63.6 Å². The highest BCUT2D eigenvalue weighted by Gasteiger charge is 2.33. The number of aryl methyl sites for hydroxylation is 2. The van der Waals surface area contributed by atoms with Gasteiger partial charge in [0.2, 0.25) is 0 Å². The quantitative estimate of drug-likeness (QED) is 0.919. The summed E-state index contributed by atoms with van der Waals surface area (Å²) < 4.78 is 28.3. The Hall–Kier alpha value is -1.07. The Kier molecular flexibility index (Phi) is 3.87. The molecule has 1 aromatic rings. The Morgan fingerprint density at radius 1 is 1.32 bits per heavy atom. The van der Waals surface area contributed by atoms with Crippen LogP contribution in [0.2, 0.25) is 0 Å². The molecule has 1 saturated heterocycles. The van der Waals surface area contributed by atoms with Crippen LogP contribution in [-0.4, -0.2) is 32.1 Å². The van der Waals surface area contributed by atoms with Gasteiger partial charge in [-0.3, -0.25) is 0 Å². The number of sulfone groups is 1. The standard InChI is InChI=1S/C14H20O4S/c1-9-6-12(7-10(2)14(9)18-3)13(15)11-4-5-19(16,17)8-11/h6-7,11,13,15H,4-5,8H2,1-3H3. The summed E-state index contributed by atoms with van der Waals surface area (Å²) in [6.45, 7) is 3.85. The minimum Gasteiger partial charge on any atom is -0.496 e. The molecule has 4 nitrogen and oxygen atoms in total. The molecule has 5 heteroatoms. The highest BCUT2D eigenvalue weighted by molar-refractivity contribution is 7.91. The molecule has 0 bridgehead atoms. The summed E-state index contributed by atoms with van der Waals surface area (Å²) in [5.74, 6) is 0.883. The van der Waals surface area contributed by atoms with Crippen molar-refractivity contribution in [1.29, 1.82) is 0 Å². The van der Waals surface area contributed by atoms with E-state index in [1.54, 1.807) is 7.11 Å². The zero-order chi connectivity index (χ0) is 14.2. The molecule has 1 heterocycles. The third-order valence-corrected chi connectivity index (χ3v) is 5.54. The Bertz CT molecular complexity index is 554. The molecule has 1 aliphatic heterocycles. The molecule has 2 rings (SSSR count). The first-order valence-corrected chi connectivity index (χ1v) is 8.20. The van der Waals surface area contributed by atoms with Gasteiger partial charge >= 0.3 is 0 Å². The summed E-state index contributed by atoms with van der Waals surface area (Å²) in [6.07, 6.45) is -0.186. The zero-order valence-electron chi connectivity index (χ0n) is 11.5. The van der Waals surface area contributed by atoms with E-state index in [9.17, 15) is 13.5 Å². The van der Waals surface area contributed by atoms with E-state index >= 15 is 0 Å². The van der Waals surface area contributed by atoms with Crippen LogP contribution >= 0.6 is 0 Å². The molecule has 1 N–H and O–H groups in total. The lowest BCUT2D eigenvalue weighted by Gasteiger charge is -2.19. The van der Waals surface area contributed by atoms with E-state index in [-0.39, 0.29) is 17.4 Å². The second-order valence-electron chi connectivity index (χ2n) is 5.30. The Morgan fingerprint density at radius 3 is 2.32 bits per heavy atom. The van der Waals surface area contributed by atoms with Crippen molar-refractivity contribution in [3.63, 3.8) is 0 Å². The lowest BCUT2D eigenvalue weighted by molar-refractivity contribution is 0.121. The van der Waals surface area contributed by atoms with Gasteiger partial charge in [0.15, 0.2) is 9.84 Å². The van der Waals surface area contributed by atoms with Crippen LogP contribution in [0, 0.1) is 19.8 Å². The normalized spacial score (nSPS) is 23.3. The van der Waals surface area contributed by atoms with Crippen LogP contribution in [0.1, 0.15) is 29.2 Å². The van der Waals surface area contributed by atoms with Crippen LogP contribution in [0.3, 0.4) is 0 Å². The fourth-order valence-electron chi connectivity index (χ4n) is 2.82. The Balaban J connectivity index is 2.28. The van der Waals surface area contributed by atoms with Gasteiger partial charge in [0.05, 0.1) is 24.7 Å². The number of ether oxygens (including phenoxy) is 1. The highest BCUT2D eigenvalue weighted by Crippen LogP contribution is 2.34. The molecule has 2 atom stereocenters. The van der Waals surface area contributed by atoms with Crippen molar-refractivity contribution in [2.45, 2.75) is 26.4 Å². The van der Waals surface area contributed by atoms with Gasteiger partial charge in [-0.2, -0.15) is 0 Å². The molecule has 1 aromatic carbocycles. The molecular weight excluding hydrogens is 264 g/mol. The summed E-state index contributed by atoms with van der Waals surface area (Å²) in [7, 11) is -1.35. The predicted octanol–water partition coefficient (Wildman–Crippen LogP) is 1.78. The van der Waals surface area contributed by atoms with E-state index in [4.69, 9.17) is 4.74 Å². The molecule has 2 unspecified atom stereocenters. The van der Waals surface area contributed by atoms with Crippen molar-refractivity contribution in [1.82, 2.24) is 0 Å². The first-order valence-electron chi connectivity index (χ1n) is 6.37. The third-order valence-electron chi connectivity index (χ3n) is 3.74. The van der Waals surface area contributed by atoms with E-state index in [1.807, 2.05) is 26.0 Å². The number of hydrogen-bond donors (Lipinski definition) is 1. The van der Waals surface area contributed by atoms with Crippen molar-refractivity contribution in [2.24, 2.45) is 5.92 Å². The van der Waals surface area contributed by atoms with Crippen molar-refractivity contribution >= 4 is 9.84 Å². The molecule has 0 aromatic heterocycles. The van der Waals surface area contributed by atoms with Gasteiger partial charge in [0, 0.05) is 5.92 Å². The molecule has 106 valence electrons. The first-order chi connectivity index (χ1) is 8.84. The maximum Gasteiger partial charge on any atom is 0.150 e. The SMILES string of the molecule is COc1c(C)cc(C(O)C2CCS(=O)(=O)C2)cc1C. The number of hydrogen-bond acceptors (Lipinski definition) is 4. The molecule has 1 aliphatic rings. The number of rotatable bonds is 3. The van der Waals surface area contributed by atoms with Gasteiger partial charge in [-0.1, -0.05) is 0 Å². The second-order valence-corrected chi connectivity index (χ2v) is 7.52. The molecule has 0 saturated carbocycles. The predicted molar refractivity (Wildman–Crippen MR) is 74.2 cm³/mol. The van der Waals surface area contributed by atoms with Crippen LogP contribution in [0.15, 0.2) is 12.1 Å². The van der Waals surface area contributed by atoms with Gasteiger partial charge in [0.1, 0.15) is 5.75 Å². The number of aliphatic hydroxyl groups excluding tert-OH is 1. The van der Waals surface area contributed by atoms with E-state index in [0.717, 1.165) is 22.4 Å². The minimum atomic E-state index is -2.97. The summed E-state index contributed by atoms with van der Waals surface area (Å²) >= 11 is 0. The molecule has 0 aliphatic carbocycles. The Labute approximate surface area is 114 Å². The molecule has 0 amide bonds. The monoisotopic (exact) mass is 284 g/mol. The van der Waals surface area contributed by atoms with Crippen LogP contribution in [-0.2, 0) is 9.84 Å².